The number of halogens is 1. The molecule has 1 aromatic rings. The molecule has 0 aliphatic rings. The summed E-state index contributed by atoms with van der Waals surface area (Å²) in [6.45, 7) is 4.78. The molecule has 0 saturated carbocycles. The van der Waals surface area contributed by atoms with Crippen molar-refractivity contribution in [2.45, 2.75) is 31.6 Å². The lowest BCUT2D eigenvalue weighted by Crippen LogP contribution is -2.26. The second kappa shape index (κ2) is 7.56. The molecule has 0 heterocycles. The van der Waals surface area contributed by atoms with Crippen molar-refractivity contribution in [3.8, 4) is 0 Å². The van der Waals surface area contributed by atoms with Gasteiger partial charge < -0.3 is 10.5 Å². The average molecular weight is 304 g/mol. The third kappa shape index (κ3) is 4.73. The van der Waals surface area contributed by atoms with E-state index in [0.717, 1.165) is 12.5 Å². The van der Waals surface area contributed by atoms with Crippen LogP contribution in [0.5, 0.6) is 0 Å². The molecule has 0 spiro atoms. The molecule has 0 amide bonds. The van der Waals surface area contributed by atoms with Gasteiger partial charge in [-0.05, 0) is 37.5 Å². The number of rotatable bonds is 8. The molecule has 0 radical (unpaired) electrons. The maximum Gasteiger partial charge on any atom is 0.243 e. The molecular formula is C13H21FN2O3S. The van der Waals surface area contributed by atoms with Gasteiger partial charge in [0.25, 0.3) is 0 Å². The number of nitrogens with two attached hydrogens (primary N) is 1. The number of hydrogen-bond acceptors (Lipinski definition) is 4. The topological polar surface area (TPSA) is 81.4 Å². The van der Waals surface area contributed by atoms with Crippen molar-refractivity contribution >= 4 is 15.7 Å². The van der Waals surface area contributed by atoms with Crippen LogP contribution in [0, 0.1) is 12.7 Å². The summed E-state index contributed by atoms with van der Waals surface area (Å²) in [5, 5.41) is 0. The highest BCUT2D eigenvalue weighted by Gasteiger charge is 2.20. The minimum atomic E-state index is -3.89. The van der Waals surface area contributed by atoms with E-state index in [2.05, 4.69) is 4.72 Å². The number of nitrogens with one attached hydrogen (secondary N) is 1. The molecule has 0 bridgehead atoms. The molecule has 7 heteroatoms. The zero-order valence-electron chi connectivity index (χ0n) is 11.8. The molecule has 1 rings (SSSR count). The number of nitrogen functional groups attached to an aromatic ring is 1. The Bertz CT molecular complexity index is 547. The zero-order chi connectivity index (χ0) is 15.2. The second-order valence-electron chi connectivity index (χ2n) is 4.51. The van der Waals surface area contributed by atoms with Gasteiger partial charge in [0.2, 0.25) is 10.0 Å². The number of anilines is 1. The fourth-order valence-electron chi connectivity index (χ4n) is 1.66. The van der Waals surface area contributed by atoms with Gasteiger partial charge in [-0.15, -0.1) is 0 Å². The summed E-state index contributed by atoms with van der Waals surface area (Å²) in [6, 6.07) is 2.52. The van der Waals surface area contributed by atoms with Gasteiger partial charge in [-0.25, -0.2) is 17.5 Å². The summed E-state index contributed by atoms with van der Waals surface area (Å²) in [7, 11) is -3.89. The predicted molar refractivity (Wildman–Crippen MR) is 76.5 cm³/mol. The van der Waals surface area contributed by atoms with Gasteiger partial charge in [0.05, 0.1) is 0 Å². The van der Waals surface area contributed by atoms with Crippen LogP contribution in [0.25, 0.3) is 0 Å². The van der Waals surface area contributed by atoms with Crippen molar-refractivity contribution < 1.29 is 17.5 Å². The van der Waals surface area contributed by atoms with Crippen LogP contribution in [-0.2, 0) is 14.8 Å². The Labute approximate surface area is 119 Å². The summed E-state index contributed by atoms with van der Waals surface area (Å²) < 4.78 is 45.4. The molecule has 0 unspecified atom stereocenters. The standard InChI is InChI=1S/C13H21FN2O3S/c1-3-6-19-7-4-5-16-20(17,18)12-9-11(15)8-10(2)13(12)14/h8-9,16H,3-7,15H2,1-2H3. The van der Waals surface area contributed by atoms with E-state index in [4.69, 9.17) is 10.5 Å². The van der Waals surface area contributed by atoms with E-state index >= 15 is 0 Å². The van der Waals surface area contributed by atoms with Gasteiger partial charge in [-0.3, -0.25) is 0 Å². The summed E-state index contributed by atoms with van der Waals surface area (Å²) in [5.41, 5.74) is 5.98. The maximum atomic E-state index is 13.9. The molecule has 1 aromatic carbocycles. The summed E-state index contributed by atoms with van der Waals surface area (Å²) >= 11 is 0. The van der Waals surface area contributed by atoms with Crippen molar-refractivity contribution in [2.24, 2.45) is 0 Å². The van der Waals surface area contributed by atoms with Crippen LogP contribution in [-0.4, -0.2) is 28.2 Å². The third-order valence-corrected chi connectivity index (χ3v) is 4.10. The highest BCUT2D eigenvalue weighted by Crippen LogP contribution is 2.21. The Morgan fingerprint density at radius 2 is 2.05 bits per heavy atom. The quantitative estimate of drug-likeness (QED) is 0.567. The lowest BCUT2D eigenvalue weighted by atomic mass is 10.2. The van der Waals surface area contributed by atoms with Crippen LogP contribution in [0.15, 0.2) is 17.0 Å². The van der Waals surface area contributed by atoms with Gasteiger partial charge >= 0.3 is 0 Å². The first-order valence-corrected chi connectivity index (χ1v) is 8.00. The summed E-state index contributed by atoms with van der Waals surface area (Å²) in [6.07, 6.45) is 1.45. The van der Waals surface area contributed by atoms with Crippen LogP contribution in [0.3, 0.4) is 0 Å². The van der Waals surface area contributed by atoms with Gasteiger partial charge in [-0.2, -0.15) is 0 Å². The smallest absolute Gasteiger partial charge is 0.243 e. The molecule has 114 valence electrons. The van der Waals surface area contributed by atoms with Crippen molar-refractivity contribution in [3.63, 3.8) is 0 Å². The monoisotopic (exact) mass is 304 g/mol. The Morgan fingerprint density at radius 1 is 1.35 bits per heavy atom. The van der Waals surface area contributed by atoms with Gasteiger partial charge in [-0.1, -0.05) is 6.92 Å². The van der Waals surface area contributed by atoms with Crippen LogP contribution in [0.2, 0.25) is 0 Å². The normalized spacial score (nSPS) is 11.8. The van der Waals surface area contributed by atoms with Crippen LogP contribution >= 0.6 is 0 Å². The minimum absolute atomic E-state index is 0.194. The molecule has 0 aliphatic heterocycles. The van der Waals surface area contributed by atoms with E-state index in [-0.39, 0.29) is 17.8 Å². The number of hydrogen-bond donors (Lipinski definition) is 2. The van der Waals surface area contributed by atoms with Crippen molar-refractivity contribution in [1.29, 1.82) is 0 Å². The first kappa shape index (κ1) is 16.9. The van der Waals surface area contributed by atoms with Gasteiger partial charge in [0, 0.05) is 25.4 Å². The number of aryl methyl sites for hydroxylation is 1. The molecule has 5 nitrogen and oxygen atoms in total. The fourth-order valence-corrected chi connectivity index (χ4v) is 2.92. The van der Waals surface area contributed by atoms with Crippen LogP contribution in [0.4, 0.5) is 10.1 Å². The lowest BCUT2D eigenvalue weighted by molar-refractivity contribution is 0.133. The number of ether oxygens (including phenoxy) is 1. The highest BCUT2D eigenvalue weighted by atomic mass is 32.2. The minimum Gasteiger partial charge on any atom is -0.399 e. The first-order valence-electron chi connectivity index (χ1n) is 6.51. The molecule has 0 atom stereocenters. The molecular weight excluding hydrogens is 283 g/mol. The van der Waals surface area contributed by atoms with Crippen molar-refractivity contribution in [1.82, 2.24) is 4.72 Å². The van der Waals surface area contributed by atoms with Crippen molar-refractivity contribution in [3.05, 3.63) is 23.5 Å². The molecule has 20 heavy (non-hydrogen) atoms. The Morgan fingerprint density at radius 3 is 2.70 bits per heavy atom. The molecule has 0 saturated heterocycles. The van der Waals surface area contributed by atoms with E-state index in [1.54, 1.807) is 0 Å². The Hall–Kier alpha value is -1.18. The average Bonchev–Trinajstić information content (AvgIpc) is 2.37. The lowest BCUT2D eigenvalue weighted by Gasteiger charge is -2.10. The fraction of sp³-hybridized carbons (Fsp3) is 0.538. The van der Waals surface area contributed by atoms with E-state index in [0.29, 0.717) is 19.6 Å². The summed E-state index contributed by atoms with van der Waals surface area (Å²) in [4.78, 5) is -0.413. The molecule has 0 aromatic heterocycles. The van der Waals surface area contributed by atoms with E-state index < -0.39 is 20.7 Å². The van der Waals surface area contributed by atoms with E-state index in [1.807, 2.05) is 6.92 Å². The van der Waals surface area contributed by atoms with Crippen LogP contribution in [0.1, 0.15) is 25.3 Å². The number of sulfonamides is 1. The largest absolute Gasteiger partial charge is 0.399 e. The highest BCUT2D eigenvalue weighted by molar-refractivity contribution is 7.89. The maximum absolute atomic E-state index is 13.9. The zero-order valence-corrected chi connectivity index (χ0v) is 12.6. The Kier molecular flexibility index (Phi) is 6.38. The Balaban J connectivity index is 2.65. The van der Waals surface area contributed by atoms with Gasteiger partial charge in [0.1, 0.15) is 10.7 Å². The SMILES string of the molecule is CCCOCCCNS(=O)(=O)c1cc(N)cc(C)c1F. The van der Waals surface area contributed by atoms with Crippen molar-refractivity contribution in [2.75, 3.05) is 25.5 Å². The number of benzene rings is 1. The molecule has 0 fully saturated rings. The predicted octanol–water partition coefficient (Wildman–Crippen LogP) is 1.81. The first-order chi connectivity index (χ1) is 9.38. The van der Waals surface area contributed by atoms with Crippen LogP contribution < -0.4 is 10.5 Å². The van der Waals surface area contributed by atoms with E-state index in [1.165, 1.54) is 13.0 Å². The third-order valence-electron chi connectivity index (χ3n) is 2.64. The molecule has 0 aliphatic carbocycles. The van der Waals surface area contributed by atoms with E-state index in [9.17, 15) is 12.8 Å². The van der Waals surface area contributed by atoms with Gasteiger partial charge in [0.15, 0.2) is 0 Å². The second-order valence-corrected chi connectivity index (χ2v) is 6.25. The molecule has 3 N–H and O–H groups in total. The summed E-state index contributed by atoms with van der Waals surface area (Å²) in [5.74, 6) is -0.770.